The summed E-state index contributed by atoms with van der Waals surface area (Å²) in [5, 5.41) is 23.2. The van der Waals surface area contributed by atoms with Crippen molar-refractivity contribution in [2.45, 2.75) is 24.5 Å². The molecule has 1 fully saturated rings. The van der Waals surface area contributed by atoms with Crippen molar-refractivity contribution in [3.8, 4) is 12.3 Å². The molecule has 0 saturated carbocycles. The molecule has 1 saturated heterocycles. The molecule has 140 valence electrons. The molecule has 0 amide bonds. The van der Waals surface area contributed by atoms with Crippen LogP contribution in [0.25, 0.3) is 11.2 Å². The third-order valence-electron chi connectivity index (χ3n) is 3.74. The van der Waals surface area contributed by atoms with Gasteiger partial charge in [0.25, 0.3) is 0 Å². The molecule has 3 heterocycles. The van der Waals surface area contributed by atoms with Crippen LogP contribution in [-0.2, 0) is 13.8 Å². The van der Waals surface area contributed by atoms with Crippen LogP contribution in [0.5, 0.6) is 0 Å². The lowest BCUT2D eigenvalue weighted by molar-refractivity contribution is -0.0504. The van der Waals surface area contributed by atoms with Gasteiger partial charge in [0.15, 0.2) is 23.2 Å². The highest BCUT2D eigenvalue weighted by Crippen LogP contribution is 2.38. The highest BCUT2D eigenvalue weighted by Gasteiger charge is 2.45. The number of fused-ring (bicyclic) bond motifs is 1. The van der Waals surface area contributed by atoms with Gasteiger partial charge in [0.1, 0.15) is 24.6 Å². The molecule has 2 aromatic rings. The van der Waals surface area contributed by atoms with Crippen LogP contribution in [-0.4, -0.2) is 71.0 Å². The van der Waals surface area contributed by atoms with Gasteiger partial charge >= 0.3 is 7.82 Å². The summed E-state index contributed by atoms with van der Waals surface area (Å²) in [5.74, 6) is 2.80. The summed E-state index contributed by atoms with van der Waals surface area (Å²) >= 11 is 0. The normalized spacial score (nSPS) is 26.1. The van der Waals surface area contributed by atoms with Gasteiger partial charge in [0, 0.05) is 0 Å². The van der Waals surface area contributed by atoms with E-state index < -0.39 is 39.0 Å². The first-order valence-corrected chi connectivity index (χ1v) is 8.91. The molecule has 13 heteroatoms. The molecular formula is C13H16N5O7P. The Kier molecular flexibility index (Phi) is 5.22. The smallest absolute Gasteiger partial charge is 0.387 e. The van der Waals surface area contributed by atoms with Crippen LogP contribution in [0.3, 0.4) is 0 Å². The zero-order valence-corrected chi connectivity index (χ0v) is 14.1. The maximum atomic E-state index is 10.8. The van der Waals surface area contributed by atoms with Gasteiger partial charge in [0.05, 0.1) is 19.5 Å². The molecule has 12 nitrogen and oxygen atoms in total. The molecule has 0 spiro atoms. The van der Waals surface area contributed by atoms with Gasteiger partial charge in [-0.15, -0.1) is 6.42 Å². The fourth-order valence-electron chi connectivity index (χ4n) is 2.57. The van der Waals surface area contributed by atoms with Gasteiger partial charge in [-0.1, -0.05) is 5.92 Å². The van der Waals surface area contributed by atoms with E-state index >= 15 is 0 Å². The number of imidazole rings is 1. The quantitative estimate of drug-likeness (QED) is 0.292. The van der Waals surface area contributed by atoms with Gasteiger partial charge in [-0.25, -0.2) is 19.5 Å². The van der Waals surface area contributed by atoms with Crippen LogP contribution in [0.2, 0.25) is 0 Å². The van der Waals surface area contributed by atoms with E-state index in [1.54, 1.807) is 0 Å². The van der Waals surface area contributed by atoms with E-state index in [0.717, 1.165) is 0 Å². The van der Waals surface area contributed by atoms with E-state index in [9.17, 15) is 14.8 Å². The molecule has 4 atom stereocenters. The summed E-state index contributed by atoms with van der Waals surface area (Å²) in [7, 11) is -4.74. The lowest BCUT2D eigenvalue weighted by Crippen LogP contribution is -2.33. The highest BCUT2D eigenvalue weighted by molar-refractivity contribution is 7.46. The number of nitrogens with zero attached hydrogens (tertiary/aromatic N) is 4. The fourth-order valence-corrected chi connectivity index (χ4v) is 2.91. The zero-order chi connectivity index (χ0) is 18.9. The van der Waals surface area contributed by atoms with Gasteiger partial charge in [-0.3, -0.25) is 9.09 Å². The molecule has 1 unspecified atom stereocenters. The van der Waals surface area contributed by atoms with E-state index in [4.69, 9.17) is 20.9 Å². The Balaban J connectivity index is 1.85. The summed E-state index contributed by atoms with van der Waals surface area (Å²) < 4.78 is 22.0. The lowest BCUT2D eigenvalue weighted by atomic mass is 10.1. The van der Waals surface area contributed by atoms with Crippen molar-refractivity contribution in [3.05, 3.63) is 12.7 Å². The summed E-state index contributed by atoms with van der Waals surface area (Å²) in [4.78, 5) is 29.8. The number of hydrogen-bond acceptors (Lipinski definition) is 9. The second-order valence-electron chi connectivity index (χ2n) is 5.44. The van der Waals surface area contributed by atoms with Crippen LogP contribution in [0.1, 0.15) is 6.23 Å². The highest BCUT2D eigenvalue weighted by atomic mass is 31.2. The predicted octanol–water partition coefficient (Wildman–Crippen LogP) is -1.40. The SMILES string of the molecule is C#CCNc1ncnc2c1ncn2[C@@H]1O[C@H](COP(=O)(O)O)C(O)[C@@H]1O. The Morgan fingerprint density at radius 3 is 2.81 bits per heavy atom. The first-order chi connectivity index (χ1) is 12.3. The topological polar surface area (TPSA) is 172 Å². The van der Waals surface area contributed by atoms with Crippen LogP contribution in [0.15, 0.2) is 12.7 Å². The van der Waals surface area contributed by atoms with Crippen LogP contribution >= 0.6 is 7.82 Å². The molecule has 2 aromatic heterocycles. The van der Waals surface area contributed by atoms with E-state index in [0.29, 0.717) is 17.0 Å². The van der Waals surface area contributed by atoms with E-state index in [1.807, 2.05) is 0 Å². The average Bonchev–Trinajstić information content (AvgIpc) is 3.13. The van der Waals surface area contributed by atoms with E-state index in [1.165, 1.54) is 17.2 Å². The van der Waals surface area contributed by atoms with Crippen molar-refractivity contribution in [2.24, 2.45) is 0 Å². The Hall–Kier alpha value is -2.10. The van der Waals surface area contributed by atoms with Crippen molar-refractivity contribution in [3.63, 3.8) is 0 Å². The molecule has 5 N–H and O–H groups in total. The predicted molar refractivity (Wildman–Crippen MR) is 86.6 cm³/mol. The average molecular weight is 385 g/mol. The number of nitrogens with one attached hydrogen (secondary N) is 1. The zero-order valence-electron chi connectivity index (χ0n) is 13.2. The second kappa shape index (κ2) is 7.26. The number of hydrogen-bond donors (Lipinski definition) is 5. The monoisotopic (exact) mass is 385 g/mol. The minimum absolute atomic E-state index is 0.224. The van der Waals surface area contributed by atoms with Gasteiger partial charge in [-0.05, 0) is 0 Å². The maximum Gasteiger partial charge on any atom is 0.469 e. The van der Waals surface area contributed by atoms with E-state index in [-0.39, 0.29) is 6.54 Å². The standard InChI is InChI=1S/C13H16N5O7P/c1-2-3-14-11-8-12(16-5-15-11)18(6-17-8)13-10(20)9(19)7(25-13)4-24-26(21,22)23/h1,5-7,9-10,13,19-20H,3-4H2,(H,14,15,16)(H2,21,22,23)/t7-,9?,10+,13-/m1/s1. The first-order valence-electron chi connectivity index (χ1n) is 7.38. The number of phosphoric acid groups is 1. The Labute approximate surface area is 147 Å². The molecule has 26 heavy (non-hydrogen) atoms. The molecule has 0 bridgehead atoms. The fraction of sp³-hybridized carbons (Fsp3) is 0.462. The van der Waals surface area contributed by atoms with E-state index in [2.05, 4.69) is 30.7 Å². The van der Waals surface area contributed by atoms with Crippen molar-refractivity contribution < 1.29 is 33.8 Å². The van der Waals surface area contributed by atoms with Gasteiger partial charge in [0.2, 0.25) is 0 Å². The molecule has 1 aliphatic heterocycles. The number of anilines is 1. The third-order valence-corrected chi connectivity index (χ3v) is 4.22. The van der Waals surface area contributed by atoms with Gasteiger partial charge < -0.3 is 30.1 Å². The number of ether oxygens (including phenoxy) is 1. The van der Waals surface area contributed by atoms with Crippen molar-refractivity contribution >= 4 is 24.8 Å². The number of aromatic nitrogens is 4. The van der Waals surface area contributed by atoms with Crippen LogP contribution < -0.4 is 5.32 Å². The summed E-state index contributed by atoms with van der Waals surface area (Å²) in [6.45, 7) is -0.377. The van der Waals surface area contributed by atoms with Crippen LogP contribution in [0.4, 0.5) is 5.82 Å². The largest absolute Gasteiger partial charge is 0.469 e. The Morgan fingerprint density at radius 1 is 1.35 bits per heavy atom. The first kappa shape index (κ1) is 18.7. The number of rotatable bonds is 6. The molecule has 0 radical (unpaired) electrons. The Bertz CT molecular complexity index is 877. The Morgan fingerprint density at radius 2 is 2.12 bits per heavy atom. The maximum absolute atomic E-state index is 10.8. The number of terminal acetylenes is 1. The van der Waals surface area contributed by atoms with Crippen LogP contribution in [0, 0.1) is 12.3 Å². The molecule has 1 aliphatic rings. The summed E-state index contributed by atoms with van der Waals surface area (Å²) in [5.41, 5.74) is 0.690. The number of aliphatic hydroxyl groups excluding tert-OH is 2. The lowest BCUT2D eigenvalue weighted by Gasteiger charge is -2.16. The van der Waals surface area contributed by atoms with Crippen molar-refractivity contribution in [2.75, 3.05) is 18.5 Å². The second-order valence-corrected chi connectivity index (χ2v) is 6.68. The summed E-state index contributed by atoms with van der Waals surface area (Å²) in [6.07, 6.45) is 2.75. The summed E-state index contributed by atoms with van der Waals surface area (Å²) in [6, 6.07) is 0. The molecule has 3 rings (SSSR count). The van der Waals surface area contributed by atoms with Crippen molar-refractivity contribution in [1.29, 1.82) is 0 Å². The number of aliphatic hydroxyl groups is 2. The minimum Gasteiger partial charge on any atom is -0.387 e. The van der Waals surface area contributed by atoms with Crippen molar-refractivity contribution in [1.82, 2.24) is 19.5 Å². The molecular weight excluding hydrogens is 369 g/mol. The molecule has 0 aromatic carbocycles. The third kappa shape index (κ3) is 3.69. The minimum atomic E-state index is -4.74. The number of phosphoric ester groups is 1. The van der Waals surface area contributed by atoms with Gasteiger partial charge in [-0.2, -0.15) is 0 Å². The molecule has 0 aliphatic carbocycles.